The first-order valence-corrected chi connectivity index (χ1v) is 9.82. The average Bonchev–Trinajstić information content (AvgIpc) is 2.62. The predicted molar refractivity (Wildman–Crippen MR) is 105 cm³/mol. The summed E-state index contributed by atoms with van der Waals surface area (Å²) in [5.74, 6) is 0.160. The van der Waals surface area contributed by atoms with E-state index in [-0.39, 0.29) is 29.8 Å². The number of thioether (sulfide) groups is 1. The van der Waals surface area contributed by atoms with Crippen LogP contribution in [-0.2, 0) is 11.2 Å². The third-order valence-electron chi connectivity index (χ3n) is 4.40. The van der Waals surface area contributed by atoms with E-state index in [1.807, 2.05) is 47.4 Å². The lowest BCUT2D eigenvalue weighted by molar-refractivity contribution is -0.405. The number of amides is 1. The van der Waals surface area contributed by atoms with Crippen LogP contribution in [0.5, 0.6) is 0 Å². The van der Waals surface area contributed by atoms with Crippen LogP contribution in [-0.4, -0.2) is 45.6 Å². The highest BCUT2D eigenvalue weighted by atomic mass is 35.5. The van der Waals surface area contributed by atoms with Gasteiger partial charge in [-0.1, -0.05) is 48.0 Å². The van der Waals surface area contributed by atoms with Crippen molar-refractivity contribution in [2.24, 2.45) is 0 Å². The molecule has 0 radical (unpaired) electrons. The lowest BCUT2D eigenvalue weighted by atomic mass is 10.0. The smallest absolute Gasteiger partial charge is 0.281 e. The van der Waals surface area contributed by atoms with Crippen molar-refractivity contribution in [1.82, 2.24) is 9.88 Å². The van der Waals surface area contributed by atoms with Crippen LogP contribution in [0.25, 0.3) is 0 Å². The Hall–Kier alpha value is -1.31. The van der Waals surface area contributed by atoms with Crippen LogP contribution < -0.4 is 18.1 Å². The Morgan fingerprint density at radius 1 is 1.19 bits per heavy atom. The maximum Gasteiger partial charge on any atom is 0.281 e. The van der Waals surface area contributed by atoms with Gasteiger partial charge >= 0.3 is 0 Å². The molecular formula is C19H25Cl2N3O2S. The van der Waals surface area contributed by atoms with Gasteiger partial charge in [-0.05, 0) is 30.5 Å². The highest BCUT2D eigenvalue weighted by molar-refractivity contribution is 7.99. The zero-order chi connectivity index (χ0) is 17.6. The molecule has 1 aliphatic rings. The van der Waals surface area contributed by atoms with E-state index in [9.17, 15) is 4.79 Å². The van der Waals surface area contributed by atoms with Gasteiger partial charge in [0.1, 0.15) is 5.15 Å². The van der Waals surface area contributed by atoms with Crippen LogP contribution in [0.2, 0.25) is 5.15 Å². The van der Waals surface area contributed by atoms with E-state index in [1.165, 1.54) is 0 Å². The summed E-state index contributed by atoms with van der Waals surface area (Å²) < 4.78 is 0. The molecule has 1 fully saturated rings. The zero-order valence-electron chi connectivity index (χ0n) is 15.0. The lowest BCUT2D eigenvalue weighted by Gasteiger charge is -2.32. The fourth-order valence-electron chi connectivity index (χ4n) is 3.06. The first kappa shape index (κ1) is 23.7. The van der Waals surface area contributed by atoms with Crippen molar-refractivity contribution in [1.29, 1.82) is 0 Å². The Balaban J connectivity index is 0.00000182. The van der Waals surface area contributed by atoms with Crippen molar-refractivity contribution in [3.8, 4) is 0 Å². The second-order valence-corrected chi connectivity index (χ2v) is 8.04. The molecule has 27 heavy (non-hydrogen) atoms. The topological polar surface area (TPSA) is 92.3 Å². The Morgan fingerprint density at radius 2 is 1.85 bits per heavy atom. The van der Waals surface area contributed by atoms with Gasteiger partial charge in [0.25, 0.3) is 5.91 Å². The molecule has 0 saturated carbocycles. The summed E-state index contributed by atoms with van der Waals surface area (Å²) in [6.07, 6.45) is 2.64. The molecular weight excluding hydrogens is 405 g/mol. The van der Waals surface area contributed by atoms with Crippen molar-refractivity contribution < 1.29 is 28.4 Å². The van der Waals surface area contributed by atoms with Gasteiger partial charge in [0.2, 0.25) is 0 Å². The number of carbonyl (C=O) groups is 1. The summed E-state index contributed by atoms with van der Waals surface area (Å²) in [6, 6.07) is 15.6. The SMILES string of the molecule is O.[Cl-].[NH3+][C@@H](Cc1ccccc1)C(=O)N1CCC(Sc2cccc(Cl)n2)CC1. The Labute approximate surface area is 175 Å². The number of likely N-dealkylation sites (tertiary alicyclic amines) is 1. The summed E-state index contributed by atoms with van der Waals surface area (Å²) in [5, 5.41) is 1.96. The molecule has 2 heterocycles. The lowest BCUT2D eigenvalue weighted by Crippen LogP contribution is -3.00. The highest BCUT2D eigenvalue weighted by Crippen LogP contribution is 2.29. The van der Waals surface area contributed by atoms with Gasteiger partial charge in [-0.15, -0.1) is 11.8 Å². The number of rotatable bonds is 5. The molecule has 0 spiro atoms. The van der Waals surface area contributed by atoms with Crippen LogP contribution in [0.1, 0.15) is 18.4 Å². The number of benzene rings is 1. The minimum absolute atomic E-state index is 0. The number of quaternary nitrogens is 1. The minimum atomic E-state index is -0.221. The van der Waals surface area contributed by atoms with Crippen LogP contribution in [0, 0.1) is 0 Å². The second-order valence-electron chi connectivity index (χ2n) is 6.33. The molecule has 0 bridgehead atoms. The molecule has 2 aromatic rings. The number of aromatic nitrogens is 1. The Kier molecular flexibility index (Phi) is 10.1. The normalized spacial score (nSPS) is 15.4. The Bertz CT molecular complexity index is 713. The molecule has 5 nitrogen and oxygen atoms in total. The van der Waals surface area contributed by atoms with E-state index >= 15 is 0 Å². The number of nitrogens with zero attached hydrogens (tertiary/aromatic N) is 2. The molecule has 1 aromatic heterocycles. The molecule has 0 aliphatic carbocycles. The van der Waals surface area contributed by atoms with Gasteiger partial charge in [-0.2, -0.15) is 0 Å². The van der Waals surface area contributed by atoms with E-state index in [0.29, 0.717) is 16.8 Å². The van der Waals surface area contributed by atoms with Crippen molar-refractivity contribution in [3.63, 3.8) is 0 Å². The largest absolute Gasteiger partial charge is 1.00 e. The highest BCUT2D eigenvalue weighted by Gasteiger charge is 2.28. The van der Waals surface area contributed by atoms with Gasteiger partial charge in [0.05, 0.1) is 5.03 Å². The van der Waals surface area contributed by atoms with E-state index < -0.39 is 0 Å². The van der Waals surface area contributed by atoms with Crippen molar-refractivity contribution in [2.75, 3.05) is 13.1 Å². The van der Waals surface area contributed by atoms with Crippen molar-refractivity contribution in [3.05, 3.63) is 59.2 Å². The number of halogens is 2. The van der Waals surface area contributed by atoms with Gasteiger partial charge in [-0.3, -0.25) is 4.79 Å². The van der Waals surface area contributed by atoms with E-state index in [4.69, 9.17) is 11.6 Å². The molecule has 8 heteroatoms. The number of hydrogen-bond donors (Lipinski definition) is 1. The molecule has 0 unspecified atom stereocenters. The van der Waals surface area contributed by atoms with Crippen molar-refractivity contribution >= 4 is 29.3 Å². The summed E-state index contributed by atoms with van der Waals surface area (Å²) in [7, 11) is 0. The predicted octanol–water partition coefficient (Wildman–Crippen LogP) is -1.15. The standard InChI is InChI=1S/C19H22ClN3OS.ClH.H2O/c20-17-7-4-8-18(22-17)25-15-9-11-23(12-10-15)19(24)16(21)13-14-5-2-1-3-6-14;;/h1-8,15-16H,9-13,21H2;1H;1H2/t16-;;/m0../s1. The molecule has 1 amide bonds. The summed E-state index contributed by atoms with van der Waals surface area (Å²) in [5.41, 5.74) is 5.24. The number of carbonyl (C=O) groups excluding carboxylic acids is 1. The molecule has 1 aromatic carbocycles. The second kappa shape index (κ2) is 11.5. The molecule has 1 atom stereocenters. The molecule has 148 valence electrons. The van der Waals surface area contributed by atoms with E-state index in [2.05, 4.69) is 10.7 Å². The quantitative estimate of drug-likeness (QED) is 0.608. The zero-order valence-corrected chi connectivity index (χ0v) is 17.3. The Morgan fingerprint density at radius 3 is 2.48 bits per heavy atom. The monoisotopic (exact) mass is 429 g/mol. The molecule has 1 aliphatic heterocycles. The van der Waals surface area contributed by atoms with Crippen LogP contribution in [0.15, 0.2) is 53.6 Å². The van der Waals surface area contributed by atoms with Gasteiger partial charge < -0.3 is 28.5 Å². The van der Waals surface area contributed by atoms with Crippen molar-refractivity contribution in [2.45, 2.75) is 35.6 Å². The van der Waals surface area contributed by atoms with Crippen LogP contribution >= 0.6 is 23.4 Å². The minimum Gasteiger partial charge on any atom is -1.00 e. The van der Waals surface area contributed by atoms with Gasteiger partial charge in [-0.25, -0.2) is 4.98 Å². The fourth-order valence-corrected chi connectivity index (χ4v) is 4.37. The average molecular weight is 430 g/mol. The molecule has 5 N–H and O–H groups in total. The van der Waals surface area contributed by atoms with E-state index in [0.717, 1.165) is 36.5 Å². The maximum absolute atomic E-state index is 12.6. The number of hydrogen-bond acceptors (Lipinski definition) is 3. The third-order valence-corrected chi connectivity index (χ3v) is 5.89. The number of pyridine rings is 1. The fraction of sp³-hybridized carbons (Fsp3) is 0.368. The number of piperidine rings is 1. The molecule has 1 saturated heterocycles. The van der Waals surface area contributed by atoms with Gasteiger partial charge in [0, 0.05) is 24.8 Å². The van der Waals surface area contributed by atoms with Crippen LogP contribution in [0.3, 0.4) is 0 Å². The third kappa shape index (κ3) is 6.97. The van der Waals surface area contributed by atoms with E-state index in [1.54, 1.807) is 17.8 Å². The summed E-state index contributed by atoms with van der Waals surface area (Å²) in [4.78, 5) is 18.9. The summed E-state index contributed by atoms with van der Waals surface area (Å²) in [6.45, 7) is 1.58. The first-order valence-electron chi connectivity index (χ1n) is 8.57. The molecule has 3 rings (SSSR count). The first-order chi connectivity index (χ1) is 12.1. The van der Waals surface area contributed by atoms with Crippen LogP contribution in [0.4, 0.5) is 0 Å². The maximum atomic E-state index is 12.6. The summed E-state index contributed by atoms with van der Waals surface area (Å²) >= 11 is 7.70. The van der Waals surface area contributed by atoms with Gasteiger partial charge in [0.15, 0.2) is 6.04 Å².